The molecule has 27 heavy (non-hydrogen) atoms. The number of aryl methyl sites for hydroxylation is 1. The standard InChI is InChI=1S/C19H20N4O3S/c1-10-3-5-12(16(24)7-10)14-9-15(23-22-14)18(25)21-19-20-13-6-4-11(26-2)8-17(13)27-19/h3-8,14-15,22-24H,9H2,1-2H3,(H,20,21,25). The van der Waals surface area contributed by atoms with E-state index >= 15 is 0 Å². The first kappa shape index (κ1) is 17.7. The molecule has 4 rings (SSSR count). The molecule has 0 spiro atoms. The van der Waals surface area contributed by atoms with Crippen molar-refractivity contribution in [3.63, 3.8) is 0 Å². The van der Waals surface area contributed by atoms with Gasteiger partial charge in [0.05, 0.1) is 23.4 Å². The predicted octanol–water partition coefficient (Wildman–Crippen LogP) is 2.87. The van der Waals surface area contributed by atoms with E-state index in [0.29, 0.717) is 11.6 Å². The van der Waals surface area contributed by atoms with Crippen molar-refractivity contribution in [1.29, 1.82) is 0 Å². The number of hydrazine groups is 1. The quantitative estimate of drug-likeness (QED) is 0.553. The average Bonchev–Trinajstić information content (AvgIpc) is 3.27. The molecule has 3 aromatic rings. The number of nitrogens with zero attached hydrogens (tertiary/aromatic N) is 1. The summed E-state index contributed by atoms with van der Waals surface area (Å²) < 4.78 is 6.17. The lowest BCUT2D eigenvalue weighted by molar-refractivity contribution is -0.117. The summed E-state index contributed by atoms with van der Waals surface area (Å²) in [6.45, 7) is 1.92. The number of carbonyl (C=O) groups excluding carboxylic acids is 1. The van der Waals surface area contributed by atoms with E-state index in [1.54, 1.807) is 13.2 Å². The number of thiazole rings is 1. The normalized spacial score (nSPS) is 19.3. The highest BCUT2D eigenvalue weighted by Gasteiger charge is 2.31. The highest BCUT2D eigenvalue weighted by molar-refractivity contribution is 7.22. The molecule has 1 aromatic heterocycles. The van der Waals surface area contributed by atoms with Gasteiger partial charge in [0.15, 0.2) is 5.13 Å². The molecular weight excluding hydrogens is 364 g/mol. The smallest absolute Gasteiger partial charge is 0.244 e. The molecule has 1 saturated heterocycles. The molecule has 2 unspecified atom stereocenters. The number of anilines is 1. The van der Waals surface area contributed by atoms with E-state index in [9.17, 15) is 9.90 Å². The molecule has 1 fully saturated rings. The first-order valence-corrected chi connectivity index (χ1v) is 9.41. The molecule has 1 amide bonds. The lowest BCUT2D eigenvalue weighted by atomic mass is 9.99. The summed E-state index contributed by atoms with van der Waals surface area (Å²) in [5, 5.41) is 13.6. The topological polar surface area (TPSA) is 95.5 Å². The van der Waals surface area contributed by atoms with Crippen LogP contribution in [0.25, 0.3) is 10.2 Å². The number of fused-ring (bicyclic) bond motifs is 1. The van der Waals surface area contributed by atoms with Crippen molar-refractivity contribution < 1.29 is 14.6 Å². The SMILES string of the molecule is COc1ccc2nc(NC(=O)C3CC(c4ccc(C)cc4O)NN3)sc2c1. The molecule has 0 radical (unpaired) electrons. The third-order valence-corrected chi connectivity index (χ3v) is 5.54. The van der Waals surface area contributed by atoms with Crippen LogP contribution < -0.4 is 20.9 Å². The van der Waals surface area contributed by atoms with Crippen LogP contribution in [0.5, 0.6) is 11.5 Å². The minimum Gasteiger partial charge on any atom is -0.508 e. The van der Waals surface area contributed by atoms with Gasteiger partial charge in [0, 0.05) is 5.56 Å². The van der Waals surface area contributed by atoms with E-state index in [1.807, 2.05) is 37.3 Å². The maximum atomic E-state index is 12.6. The Morgan fingerprint density at radius 1 is 1.30 bits per heavy atom. The lowest BCUT2D eigenvalue weighted by Gasteiger charge is -2.12. The van der Waals surface area contributed by atoms with Crippen molar-refractivity contribution in [2.75, 3.05) is 12.4 Å². The second-order valence-electron chi connectivity index (χ2n) is 6.53. The zero-order valence-electron chi connectivity index (χ0n) is 14.9. The van der Waals surface area contributed by atoms with Crippen LogP contribution in [-0.4, -0.2) is 29.1 Å². The fourth-order valence-corrected chi connectivity index (χ4v) is 4.06. The summed E-state index contributed by atoms with van der Waals surface area (Å²) in [6.07, 6.45) is 0.529. The third kappa shape index (κ3) is 3.59. The summed E-state index contributed by atoms with van der Waals surface area (Å²) in [6, 6.07) is 10.6. The number of hydrogen-bond acceptors (Lipinski definition) is 7. The van der Waals surface area contributed by atoms with Crippen LogP contribution >= 0.6 is 11.3 Å². The number of phenolic OH excluding ortho intramolecular Hbond substituents is 1. The monoisotopic (exact) mass is 384 g/mol. The first-order chi connectivity index (χ1) is 13.0. The van der Waals surface area contributed by atoms with E-state index in [-0.39, 0.29) is 17.7 Å². The highest BCUT2D eigenvalue weighted by atomic mass is 32.1. The average molecular weight is 384 g/mol. The van der Waals surface area contributed by atoms with E-state index in [4.69, 9.17) is 4.74 Å². The van der Waals surface area contributed by atoms with Gasteiger partial charge in [0.2, 0.25) is 5.91 Å². The highest BCUT2D eigenvalue weighted by Crippen LogP contribution is 2.32. The Morgan fingerprint density at radius 3 is 2.93 bits per heavy atom. The number of rotatable bonds is 4. The Kier molecular flexibility index (Phi) is 4.69. The van der Waals surface area contributed by atoms with Gasteiger partial charge in [-0.05, 0) is 43.2 Å². The van der Waals surface area contributed by atoms with Gasteiger partial charge in [-0.15, -0.1) is 0 Å². The van der Waals surface area contributed by atoms with E-state index in [1.165, 1.54) is 11.3 Å². The zero-order chi connectivity index (χ0) is 19.0. The fourth-order valence-electron chi connectivity index (χ4n) is 3.16. The summed E-state index contributed by atoms with van der Waals surface area (Å²) in [5.74, 6) is 0.824. The number of ether oxygens (including phenoxy) is 1. The van der Waals surface area contributed by atoms with Crippen LogP contribution in [0.3, 0.4) is 0 Å². The predicted molar refractivity (Wildman–Crippen MR) is 105 cm³/mol. The maximum Gasteiger partial charge on any atom is 0.244 e. The van der Waals surface area contributed by atoms with Crippen LogP contribution in [0.4, 0.5) is 5.13 Å². The number of aromatic hydroxyl groups is 1. The van der Waals surface area contributed by atoms with E-state index in [2.05, 4.69) is 21.2 Å². The van der Waals surface area contributed by atoms with Gasteiger partial charge in [-0.2, -0.15) is 0 Å². The second-order valence-corrected chi connectivity index (χ2v) is 7.56. The van der Waals surface area contributed by atoms with E-state index in [0.717, 1.165) is 27.1 Å². The lowest BCUT2D eigenvalue weighted by Crippen LogP contribution is -2.39. The summed E-state index contributed by atoms with van der Waals surface area (Å²) in [5.41, 5.74) is 8.67. The molecule has 1 aliphatic heterocycles. The molecule has 2 atom stereocenters. The molecule has 2 aromatic carbocycles. The molecule has 8 heteroatoms. The fraction of sp³-hybridized carbons (Fsp3) is 0.263. The number of benzene rings is 2. The van der Waals surface area contributed by atoms with Crippen molar-refractivity contribution in [1.82, 2.24) is 15.8 Å². The van der Waals surface area contributed by atoms with Gasteiger partial charge in [-0.25, -0.2) is 15.8 Å². The molecule has 2 heterocycles. The van der Waals surface area contributed by atoms with Gasteiger partial charge >= 0.3 is 0 Å². The van der Waals surface area contributed by atoms with Crippen LogP contribution in [0.2, 0.25) is 0 Å². The number of carbonyl (C=O) groups is 1. The maximum absolute atomic E-state index is 12.6. The van der Waals surface area contributed by atoms with Crippen molar-refractivity contribution in [2.45, 2.75) is 25.4 Å². The number of hydrogen-bond donors (Lipinski definition) is 4. The third-order valence-electron chi connectivity index (χ3n) is 4.61. The van der Waals surface area contributed by atoms with Gasteiger partial charge in [0.25, 0.3) is 0 Å². The minimum absolute atomic E-state index is 0.138. The van der Waals surface area contributed by atoms with Crippen LogP contribution in [-0.2, 0) is 4.79 Å². The number of methoxy groups -OCH3 is 1. The summed E-state index contributed by atoms with van der Waals surface area (Å²) in [4.78, 5) is 17.0. The summed E-state index contributed by atoms with van der Waals surface area (Å²) >= 11 is 1.40. The van der Waals surface area contributed by atoms with Crippen LogP contribution in [0.15, 0.2) is 36.4 Å². The Bertz CT molecular complexity index is 1000. The van der Waals surface area contributed by atoms with Crippen molar-refractivity contribution >= 4 is 32.6 Å². The zero-order valence-corrected chi connectivity index (χ0v) is 15.8. The molecule has 0 bridgehead atoms. The minimum atomic E-state index is -0.419. The number of nitrogens with one attached hydrogen (secondary N) is 3. The van der Waals surface area contributed by atoms with Crippen molar-refractivity contribution in [2.24, 2.45) is 0 Å². The van der Waals surface area contributed by atoms with E-state index < -0.39 is 6.04 Å². The number of amides is 1. The Balaban J connectivity index is 1.44. The van der Waals surface area contributed by atoms with Gasteiger partial charge < -0.3 is 15.2 Å². The Hall–Kier alpha value is -2.68. The first-order valence-electron chi connectivity index (χ1n) is 8.59. The van der Waals surface area contributed by atoms with Gasteiger partial charge in [-0.1, -0.05) is 23.5 Å². The second kappa shape index (κ2) is 7.15. The molecule has 7 nitrogen and oxygen atoms in total. The molecule has 140 valence electrons. The largest absolute Gasteiger partial charge is 0.508 e. The van der Waals surface area contributed by atoms with Crippen LogP contribution in [0, 0.1) is 6.92 Å². The summed E-state index contributed by atoms with van der Waals surface area (Å²) in [7, 11) is 1.62. The molecular formula is C19H20N4O3S. The number of phenols is 1. The van der Waals surface area contributed by atoms with Gasteiger partial charge in [-0.3, -0.25) is 4.79 Å². The van der Waals surface area contributed by atoms with Gasteiger partial charge in [0.1, 0.15) is 17.5 Å². The molecule has 4 N–H and O–H groups in total. The number of aromatic nitrogens is 1. The molecule has 1 aliphatic rings. The molecule has 0 aliphatic carbocycles. The van der Waals surface area contributed by atoms with Crippen molar-refractivity contribution in [3.8, 4) is 11.5 Å². The molecule has 0 saturated carbocycles. The Morgan fingerprint density at radius 2 is 2.15 bits per heavy atom. The van der Waals surface area contributed by atoms with Crippen LogP contribution in [0.1, 0.15) is 23.6 Å². The Labute approximate surface area is 160 Å². The van der Waals surface area contributed by atoms with Crippen molar-refractivity contribution in [3.05, 3.63) is 47.5 Å².